The number of rotatable bonds is 4. The van der Waals surface area contributed by atoms with Gasteiger partial charge in [-0.15, -0.1) is 0 Å². The first-order chi connectivity index (χ1) is 9.86. The van der Waals surface area contributed by atoms with Crippen molar-refractivity contribution in [3.8, 4) is 0 Å². The third-order valence-electron chi connectivity index (χ3n) is 3.64. The number of benzene rings is 1. The molecule has 1 unspecified atom stereocenters. The second kappa shape index (κ2) is 6.52. The van der Waals surface area contributed by atoms with Crippen LogP contribution in [0.4, 0.5) is 5.69 Å². The van der Waals surface area contributed by atoms with Gasteiger partial charge < -0.3 is 10.5 Å². The Morgan fingerprint density at radius 3 is 2.81 bits per heavy atom. The van der Waals surface area contributed by atoms with E-state index in [0.29, 0.717) is 30.3 Å². The lowest BCUT2D eigenvalue weighted by Gasteiger charge is -2.31. The average molecular weight is 333 g/mol. The highest BCUT2D eigenvalue weighted by atomic mass is 35.5. The van der Waals surface area contributed by atoms with Crippen molar-refractivity contribution in [3.05, 3.63) is 22.7 Å². The molecule has 1 saturated heterocycles. The van der Waals surface area contributed by atoms with Gasteiger partial charge in [0, 0.05) is 19.7 Å². The Morgan fingerprint density at radius 2 is 2.19 bits per heavy atom. The highest BCUT2D eigenvalue weighted by molar-refractivity contribution is 7.89. The minimum atomic E-state index is -3.56. The normalized spacial score (nSPS) is 20.6. The van der Waals surface area contributed by atoms with E-state index >= 15 is 0 Å². The van der Waals surface area contributed by atoms with Crippen molar-refractivity contribution in [3.63, 3.8) is 0 Å². The van der Waals surface area contributed by atoms with Crippen LogP contribution >= 0.6 is 11.6 Å². The zero-order chi connectivity index (χ0) is 15.6. The van der Waals surface area contributed by atoms with Crippen LogP contribution in [0.3, 0.4) is 0 Å². The van der Waals surface area contributed by atoms with Crippen molar-refractivity contribution in [2.24, 2.45) is 0 Å². The van der Waals surface area contributed by atoms with Crippen LogP contribution in [0.25, 0.3) is 0 Å². The molecule has 0 aliphatic carbocycles. The summed E-state index contributed by atoms with van der Waals surface area (Å²) in [6, 6.07) is 2.99. The van der Waals surface area contributed by atoms with Gasteiger partial charge >= 0.3 is 0 Å². The predicted molar refractivity (Wildman–Crippen MR) is 84.0 cm³/mol. The van der Waals surface area contributed by atoms with Gasteiger partial charge in [-0.3, -0.25) is 0 Å². The number of hydrogen-bond donors (Lipinski definition) is 1. The molecule has 0 amide bonds. The molecule has 1 fully saturated rings. The fourth-order valence-electron chi connectivity index (χ4n) is 2.56. The molecule has 0 bridgehead atoms. The largest absolute Gasteiger partial charge is 0.397 e. The molecule has 0 saturated carbocycles. The summed E-state index contributed by atoms with van der Waals surface area (Å²) in [6.07, 6.45) is 1.65. The summed E-state index contributed by atoms with van der Waals surface area (Å²) >= 11 is 6.00. The summed E-state index contributed by atoms with van der Waals surface area (Å²) in [5.74, 6) is 0. The average Bonchev–Trinajstić information content (AvgIpc) is 2.45. The Bertz CT molecular complexity index is 594. The molecule has 21 heavy (non-hydrogen) atoms. The lowest BCUT2D eigenvalue weighted by Crippen LogP contribution is -2.43. The molecule has 2 rings (SSSR count). The Kier molecular flexibility index (Phi) is 5.14. The molecule has 2 N–H and O–H groups in total. The Hall–Kier alpha value is -0.820. The van der Waals surface area contributed by atoms with Crippen molar-refractivity contribution in [2.45, 2.75) is 37.7 Å². The van der Waals surface area contributed by atoms with Gasteiger partial charge in [0.15, 0.2) is 0 Å². The molecule has 5 nitrogen and oxygen atoms in total. The standard InChI is InChI=1S/C14H21ClN2O3S/c1-3-20-11-5-4-6-17(9-11)21(18,19)12-7-10(2)14(15)13(16)8-12/h7-8,11H,3-6,9,16H2,1-2H3. The number of piperidine rings is 1. The van der Waals surface area contributed by atoms with E-state index in [1.165, 1.54) is 10.4 Å². The van der Waals surface area contributed by atoms with E-state index in [9.17, 15) is 8.42 Å². The number of nitrogens with zero attached hydrogens (tertiary/aromatic N) is 1. The van der Waals surface area contributed by atoms with Gasteiger partial charge in [0.2, 0.25) is 10.0 Å². The molecular weight excluding hydrogens is 312 g/mol. The number of anilines is 1. The maximum absolute atomic E-state index is 12.7. The lowest BCUT2D eigenvalue weighted by atomic mass is 10.1. The molecular formula is C14H21ClN2O3S. The molecule has 0 spiro atoms. The summed E-state index contributed by atoms with van der Waals surface area (Å²) in [5.41, 5.74) is 6.73. The molecule has 1 atom stereocenters. The monoisotopic (exact) mass is 332 g/mol. The molecule has 1 aromatic rings. The van der Waals surface area contributed by atoms with Gasteiger partial charge in [-0.1, -0.05) is 11.6 Å². The van der Waals surface area contributed by atoms with Crippen LogP contribution in [0.1, 0.15) is 25.3 Å². The molecule has 1 aliphatic rings. The Morgan fingerprint density at radius 1 is 1.48 bits per heavy atom. The molecule has 1 aliphatic heterocycles. The van der Waals surface area contributed by atoms with Crippen molar-refractivity contribution >= 4 is 27.3 Å². The zero-order valence-corrected chi connectivity index (χ0v) is 13.9. The van der Waals surface area contributed by atoms with E-state index in [2.05, 4.69) is 0 Å². The van der Waals surface area contributed by atoms with Crippen molar-refractivity contribution in [1.82, 2.24) is 4.31 Å². The second-order valence-corrected chi connectivity index (χ2v) is 7.54. The van der Waals surface area contributed by atoms with Gasteiger partial charge in [0.05, 0.1) is 21.7 Å². The van der Waals surface area contributed by atoms with Gasteiger partial charge in [-0.2, -0.15) is 4.31 Å². The van der Waals surface area contributed by atoms with Crippen molar-refractivity contribution in [1.29, 1.82) is 0 Å². The first kappa shape index (κ1) is 16.5. The molecule has 0 radical (unpaired) electrons. The lowest BCUT2D eigenvalue weighted by molar-refractivity contribution is 0.0265. The molecule has 0 aromatic heterocycles. The number of sulfonamides is 1. The highest BCUT2D eigenvalue weighted by Crippen LogP contribution is 2.29. The van der Waals surface area contributed by atoms with Crippen LogP contribution < -0.4 is 5.73 Å². The zero-order valence-electron chi connectivity index (χ0n) is 12.3. The first-order valence-corrected chi connectivity index (χ1v) is 8.85. The maximum atomic E-state index is 12.7. The summed E-state index contributed by atoms with van der Waals surface area (Å²) in [4.78, 5) is 0.194. The van der Waals surface area contributed by atoms with E-state index in [0.717, 1.165) is 12.8 Å². The Labute approximate surface area is 131 Å². The van der Waals surface area contributed by atoms with Crippen LogP contribution in [-0.4, -0.2) is 38.5 Å². The molecule has 1 aromatic carbocycles. The van der Waals surface area contributed by atoms with Gasteiger partial charge in [0.25, 0.3) is 0 Å². The molecule has 1 heterocycles. The van der Waals surface area contributed by atoms with E-state index in [-0.39, 0.29) is 16.7 Å². The van der Waals surface area contributed by atoms with Crippen LogP contribution in [0, 0.1) is 6.92 Å². The third kappa shape index (κ3) is 3.51. The Balaban J connectivity index is 2.29. The van der Waals surface area contributed by atoms with Gasteiger partial charge in [0.1, 0.15) is 0 Å². The summed E-state index contributed by atoms with van der Waals surface area (Å²) in [5, 5.41) is 0.403. The van der Waals surface area contributed by atoms with E-state index in [1.54, 1.807) is 13.0 Å². The minimum Gasteiger partial charge on any atom is -0.397 e. The molecule has 118 valence electrons. The SMILES string of the molecule is CCOC1CCCN(S(=O)(=O)c2cc(C)c(Cl)c(N)c2)C1. The van der Waals surface area contributed by atoms with Gasteiger partial charge in [-0.25, -0.2) is 8.42 Å². The fourth-order valence-corrected chi connectivity index (χ4v) is 4.30. The van der Waals surface area contributed by atoms with Crippen molar-refractivity contribution in [2.75, 3.05) is 25.4 Å². The summed E-state index contributed by atoms with van der Waals surface area (Å²) in [7, 11) is -3.56. The first-order valence-electron chi connectivity index (χ1n) is 7.03. The molecule has 7 heteroatoms. The van der Waals surface area contributed by atoms with Crippen LogP contribution in [-0.2, 0) is 14.8 Å². The number of halogens is 1. The van der Waals surface area contributed by atoms with Crippen molar-refractivity contribution < 1.29 is 13.2 Å². The number of ether oxygens (including phenoxy) is 1. The summed E-state index contributed by atoms with van der Waals surface area (Å²) < 4.78 is 32.5. The smallest absolute Gasteiger partial charge is 0.243 e. The van der Waals surface area contributed by atoms with Crippen LogP contribution in [0.5, 0.6) is 0 Å². The summed E-state index contributed by atoms with van der Waals surface area (Å²) in [6.45, 7) is 5.14. The number of aryl methyl sites for hydroxylation is 1. The van der Waals surface area contributed by atoms with Crippen LogP contribution in [0.2, 0.25) is 5.02 Å². The number of hydrogen-bond acceptors (Lipinski definition) is 4. The van der Waals surface area contributed by atoms with Crippen LogP contribution in [0.15, 0.2) is 17.0 Å². The maximum Gasteiger partial charge on any atom is 0.243 e. The highest BCUT2D eigenvalue weighted by Gasteiger charge is 2.31. The number of nitrogens with two attached hydrogens (primary N) is 1. The predicted octanol–water partition coefficient (Wildman–Crippen LogP) is 2.42. The van der Waals surface area contributed by atoms with E-state index < -0.39 is 10.0 Å². The number of nitrogen functional groups attached to an aromatic ring is 1. The van der Waals surface area contributed by atoms with E-state index in [1.807, 2.05) is 6.92 Å². The second-order valence-electron chi connectivity index (χ2n) is 5.23. The topological polar surface area (TPSA) is 72.6 Å². The fraction of sp³-hybridized carbons (Fsp3) is 0.571. The minimum absolute atomic E-state index is 0.0377. The van der Waals surface area contributed by atoms with Gasteiger partial charge in [-0.05, 0) is 44.4 Å². The third-order valence-corrected chi connectivity index (χ3v) is 6.00. The quantitative estimate of drug-likeness (QED) is 0.859. The van der Waals surface area contributed by atoms with E-state index in [4.69, 9.17) is 22.1 Å².